The third-order valence-electron chi connectivity index (χ3n) is 4.40. The highest BCUT2D eigenvalue weighted by atomic mass is 32.1. The van der Waals surface area contributed by atoms with Crippen LogP contribution in [0.5, 0.6) is 0 Å². The van der Waals surface area contributed by atoms with E-state index in [1.54, 1.807) is 22.4 Å². The Balaban J connectivity index is 1.59. The smallest absolute Gasteiger partial charge is 0.233 e. The Bertz CT molecular complexity index is 1000. The lowest BCUT2D eigenvalue weighted by Gasteiger charge is -2.20. The fraction of sp³-hybridized carbons (Fsp3) is 0.190. The Kier molecular flexibility index (Phi) is 4.98. The van der Waals surface area contributed by atoms with Crippen molar-refractivity contribution in [3.05, 3.63) is 78.1 Å². The van der Waals surface area contributed by atoms with E-state index in [0.717, 1.165) is 20.9 Å². The molecular weight excluding hydrogens is 356 g/mol. The van der Waals surface area contributed by atoms with Crippen LogP contribution in [0.15, 0.2) is 67.0 Å². The van der Waals surface area contributed by atoms with Gasteiger partial charge in [0.1, 0.15) is 0 Å². The summed E-state index contributed by atoms with van der Waals surface area (Å²) in [6.07, 6.45) is 4.01. The van der Waals surface area contributed by atoms with Gasteiger partial charge in [0.15, 0.2) is 5.13 Å². The van der Waals surface area contributed by atoms with E-state index in [-0.39, 0.29) is 5.91 Å². The molecule has 136 valence electrons. The lowest BCUT2D eigenvalue weighted by molar-refractivity contribution is -0.118. The molecule has 4 aromatic rings. The number of aromatic nitrogens is 3. The molecule has 5 nitrogen and oxygen atoms in total. The quantitative estimate of drug-likeness (QED) is 0.510. The van der Waals surface area contributed by atoms with Crippen LogP contribution in [0.1, 0.15) is 11.1 Å². The van der Waals surface area contributed by atoms with Gasteiger partial charge in [-0.05, 0) is 30.7 Å². The predicted molar refractivity (Wildman–Crippen MR) is 109 cm³/mol. The Hall–Kier alpha value is -2.99. The van der Waals surface area contributed by atoms with E-state index in [0.29, 0.717) is 19.5 Å². The largest absolute Gasteiger partial charge is 0.286 e. The topological polar surface area (TPSA) is 51.0 Å². The van der Waals surface area contributed by atoms with Gasteiger partial charge in [0.2, 0.25) is 5.91 Å². The lowest BCUT2D eigenvalue weighted by Crippen LogP contribution is -2.35. The van der Waals surface area contributed by atoms with Gasteiger partial charge in [0.05, 0.1) is 23.2 Å². The maximum Gasteiger partial charge on any atom is 0.233 e. The lowest BCUT2D eigenvalue weighted by atomic mass is 10.1. The molecule has 0 fully saturated rings. The molecule has 0 saturated heterocycles. The molecule has 0 aliphatic heterocycles. The van der Waals surface area contributed by atoms with Gasteiger partial charge in [0, 0.05) is 18.9 Å². The average Bonchev–Trinajstić information content (AvgIpc) is 3.33. The molecule has 0 aliphatic rings. The van der Waals surface area contributed by atoms with Crippen LogP contribution in [0.2, 0.25) is 0 Å². The number of hydrogen-bond donors (Lipinski definition) is 0. The van der Waals surface area contributed by atoms with Crippen molar-refractivity contribution in [1.29, 1.82) is 0 Å². The maximum atomic E-state index is 13.1. The second kappa shape index (κ2) is 7.72. The fourth-order valence-corrected chi connectivity index (χ4v) is 3.92. The molecule has 2 aromatic carbocycles. The number of benzene rings is 2. The number of thiazole rings is 1. The highest BCUT2D eigenvalue weighted by Crippen LogP contribution is 2.29. The van der Waals surface area contributed by atoms with Gasteiger partial charge in [-0.15, -0.1) is 0 Å². The Morgan fingerprint density at radius 1 is 1.11 bits per heavy atom. The van der Waals surface area contributed by atoms with Crippen LogP contribution in [-0.2, 0) is 17.8 Å². The van der Waals surface area contributed by atoms with Crippen LogP contribution in [0.3, 0.4) is 0 Å². The molecule has 6 heteroatoms. The number of para-hydroxylation sites is 1. The maximum absolute atomic E-state index is 13.1. The number of rotatable bonds is 6. The summed E-state index contributed by atoms with van der Waals surface area (Å²) in [5.74, 6) is 0.0464. The van der Waals surface area contributed by atoms with Crippen LogP contribution in [0.25, 0.3) is 10.2 Å². The summed E-state index contributed by atoms with van der Waals surface area (Å²) in [5, 5.41) is 4.98. The van der Waals surface area contributed by atoms with Crippen LogP contribution < -0.4 is 4.90 Å². The molecule has 2 aromatic heterocycles. The third kappa shape index (κ3) is 4.06. The number of amides is 1. The minimum atomic E-state index is 0.0464. The summed E-state index contributed by atoms with van der Waals surface area (Å²) >= 11 is 1.55. The monoisotopic (exact) mass is 376 g/mol. The van der Waals surface area contributed by atoms with Crippen LogP contribution in [0, 0.1) is 6.92 Å². The first-order valence-corrected chi connectivity index (χ1v) is 9.69. The highest BCUT2D eigenvalue weighted by Gasteiger charge is 2.20. The zero-order valence-corrected chi connectivity index (χ0v) is 15.9. The third-order valence-corrected chi connectivity index (χ3v) is 5.46. The van der Waals surface area contributed by atoms with Gasteiger partial charge < -0.3 is 0 Å². The SMILES string of the molecule is Cc1ccc(CC(=O)N(CCn2cccn2)c2nc3ccccc3s2)cc1. The number of fused-ring (bicyclic) bond motifs is 1. The standard InChI is InChI=1S/C21H20N4OS/c1-16-7-9-17(10-8-16)15-20(26)25(14-13-24-12-4-11-22-24)21-23-18-5-2-3-6-19(18)27-21/h2-12H,13-15H2,1H3. The van der Waals surface area contributed by atoms with Gasteiger partial charge >= 0.3 is 0 Å². The molecule has 0 spiro atoms. The summed E-state index contributed by atoms with van der Waals surface area (Å²) < 4.78 is 2.92. The first kappa shape index (κ1) is 17.4. The molecule has 0 bridgehead atoms. The Morgan fingerprint density at radius 3 is 2.67 bits per heavy atom. The van der Waals surface area contributed by atoms with E-state index in [2.05, 4.69) is 10.1 Å². The molecule has 0 radical (unpaired) electrons. The summed E-state index contributed by atoms with van der Waals surface area (Å²) in [6.45, 7) is 3.21. The second-order valence-corrected chi connectivity index (χ2v) is 7.45. The Labute approximate surface area is 161 Å². The minimum absolute atomic E-state index is 0.0464. The van der Waals surface area contributed by atoms with E-state index in [1.165, 1.54) is 5.56 Å². The summed E-state index contributed by atoms with van der Waals surface area (Å²) in [7, 11) is 0. The molecule has 2 heterocycles. The van der Waals surface area contributed by atoms with Crippen molar-refractivity contribution in [2.45, 2.75) is 19.9 Å². The number of aryl methyl sites for hydroxylation is 1. The molecular formula is C21H20N4OS. The normalized spacial score (nSPS) is 11.0. The minimum Gasteiger partial charge on any atom is -0.286 e. The molecule has 0 unspecified atom stereocenters. The summed E-state index contributed by atoms with van der Waals surface area (Å²) in [4.78, 5) is 19.6. The van der Waals surface area contributed by atoms with E-state index < -0.39 is 0 Å². The number of carbonyl (C=O) groups excluding carboxylic acids is 1. The summed E-state index contributed by atoms with van der Waals surface area (Å²) in [6, 6.07) is 18.0. The molecule has 0 atom stereocenters. The highest BCUT2D eigenvalue weighted by molar-refractivity contribution is 7.22. The molecule has 1 amide bonds. The Morgan fingerprint density at radius 2 is 1.93 bits per heavy atom. The van der Waals surface area contributed by atoms with Gasteiger partial charge in [-0.3, -0.25) is 14.4 Å². The van der Waals surface area contributed by atoms with Crippen molar-refractivity contribution in [1.82, 2.24) is 14.8 Å². The summed E-state index contributed by atoms with van der Waals surface area (Å²) in [5.41, 5.74) is 3.12. The van der Waals surface area contributed by atoms with Crippen LogP contribution in [-0.4, -0.2) is 27.2 Å². The van der Waals surface area contributed by atoms with Crippen LogP contribution >= 0.6 is 11.3 Å². The van der Waals surface area contributed by atoms with Crippen molar-refractivity contribution < 1.29 is 4.79 Å². The predicted octanol–water partition coefficient (Wildman–Crippen LogP) is 4.08. The number of nitrogens with zero attached hydrogens (tertiary/aromatic N) is 4. The number of hydrogen-bond acceptors (Lipinski definition) is 4. The van der Waals surface area contributed by atoms with Crippen molar-refractivity contribution >= 4 is 32.6 Å². The van der Waals surface area contributed by atoms with E-state index in [4.69, 9.17) is 0 Å². The number of anilines is 1. The number of carbonyl (C=O) groups is 1. The van der Waals surface area contributed by atoms with E-state index >= 15 is 0 Å². The van der Waals surface area contributed by atoms with Gasteiger partial charge in [-0.1, -0.05) is 53.3 Å². The zero-order valence-electron chi connectivity index (χ0n) is 15.1. The van der Waals surface area contributed by atoms with E-state index in [1.807, 2.05) is 72.4 Å². The van der Waals surface area contributed by atoms with Gasteiger partial charge in [-0.2, -0.15) is 5.10 Å². The first-order chi connectivity index (χ1) is 13.2. The second-order valence-electron chi connectivity index (χ2n) is 6.44. The van der Waals surface area contributed by atoms with Gasteiger partial charge in [0.25, 0.3) is 0 Å². The van der Waals surface area contributed by atoms with Crippen molar-refractivity contribution in [3.63, 3.8) is 0 Å². The van der Waals surface area contributed by atoms with Crippen molar-refractivity contribution in [3.8, 4) is 0 Å². The molecule has 4 rings (SSSR count). The van der Waals surface area contributed by atoms with Gasteiger partial charge in [-0.25, -0.2) is 4.98 Å². The van der Waals surface area contributed by atoms with Crippen molar-refractivity contribution in [2.75, 3.05) is 11.4 Å². The van der Waals surface area contributed by atoms with E-state index in [9.17, 15) is 4.79 Å². The average molecular weight is 376 g/mol. The molecule has 0 aliphatic carbocycles. The fourth-order valence-electron chi connectivity index (χ4n) is 2.91. The molecule has 0 N–H and O–H groups in total. The van der Waals surface area contributed by atoms with Crippen molar-refractivity contribution in [2.24, 2.45) is 0 Å². The molecule has 27 heavy (non-hydrogen) atoms. The van der Waals surface area contributed by atoms with Crippen LogP contribution in [0.4, 0.5) is 5.13 Å². The zero-order chi connectivity index (χ0) is 18.6. The molecule has 0 saturated carbocycles. The first-order valence-electron chi connectivity index (χ1n) is 8.88.